The van der Waals surface area contributed by atoms with Crippen molar-refractivity contribution in [2.24, 2.45) is 11.8 Å². The van der Waals surface area contributed by atoms with Gasteiger partial charge in [0.25, 0.3) is 0 Å². The zero-order chi connectivity index (χ0) is 12.7. The fourth-order valence-electron chi connectivity index (χ4n) is 3.22. The fraction of sp³-hybridized carbons (Fsp3) is 0.400. The standard InChI is InChI=1S/C15H16BrNO/c1-9(16)8-17-15(18)14-12-7-6-10-4-2-3-5-11(10)13(12)14/h2-5,12-14H,1,6-8H2,(H,17,18). The lowest BCUT2D eigenvalue weighted by Gasteiger charge is -2.13. The van der Waals surface area contributed by atoms with E-state index in [2.05, 4.69) is 52.1 Å². The van der Waals surface area contributed by atoms with Crippen molar-refractivity contribution in [3.05, 3.63) is 46.5 Å². The van der Waals surface area contributed by atoms with E-state index in [1.54, 1.807) is 0 Å². The number of carbonyl (C=O) groups excluding carboxylic acids is 1. The van der Waals surface area contributed by atoms with E-state index >= 15 is 0 Å². The van der Waals surface area contributed by atoms with Gasteiger partial charge >= 0.3 is 0 Å². The number of fused-ring (bicyclic) bond motifs is 3. The molecule has 0 bridgehead atoms. The van der Waals surface area contributed by atoms with Crippen LogP contribution in [0.2, 0.25) is 0 Å². The largest absolute Gasteiger partial charge is 0.351 e. The minimum atomic E-state index is 0.181. The van der Waals surface area contributed by atoms with Gasteiger partial charge in [-0.05, 0) is 35.8 Å². The second-order valence-electron chi connectivity index (χ2n) is 5.19. The molecule has 1 amide bonds. The summed E-state index contributed by atoms with van der Waals surface area (Å²) in [5, 5.41) is 2.95. The first-order chi connectivity index (χ1) is 8.68. The van der Waals surface area contributed by atoms with Gasteiger partial charge in [-0.3, -0.25) is 4.79 Å². The van der Waals surface area contributed by atoms with Crippen molar-refractivity contribution >= 4 is 21.8 Å². The lowest BCUT2D eigenvalue weighted by atomic mass is 9.92. The molecule has 0 aliphatic heterocycles. The highest BCUT2D eigenvalue weighted by Crippen LogP contribution is 2.59. The lowest BCUT2D eigenvalue weighted by Crippen LogP contribution is -2.26. The van der Waals surface area contributed by atoms with Crippen molar-refractivity contribution in [2.75, 3.05) is 6.54 Å². The molecule has 2 aliphatic rings. The number of rotatable bonds is 3. The molecule has 94 valence electrons. The van der Waals surface area contributed by atoms with Crippen LogP contribution in [0.4, 0.5) is 0 Å². The average molecular weight is 306 g/mol. The second kappa shape index (κ2) is 4.54. The van der Waals surface area contributed by atoms with Crippen molar-refractivity contribution in [1.82, 2.24) is 5.32 Å². The number of hydrogen-bond acceptors (Lipinski definition) is 1. The summed E-state index contributed by atoms with van der Waals surface area (Å²) in [5.41, 5.74) is 2.82. The number of hydrogen-bond donors (Lipinski definition) is 1. The third kappa shape index (κ3) is 2.01. The Hall–Kier alpha value is -1.09. The lowest BCUT2D eigenvalue weighted by molar-refractivity contribution is -0.122. The van der Waals surface area contributed by atoms with Crippen molar-refractivity contribution < 1.29 is 4.79 Å². The van der Waals surface area contributed by atoms with Crippen molar-refractivity contribution in [3.63, 3.8) is 0 Å². The van der Waals surface area contributed by atoms with Crippen LogP contribution in [0.15, 0.2) is 35.3 Å². The first-order valence-corrected chi connectivity index (χ1v) is 7.16. The SMILES string of the molecule is C=C(Br)CNC(=O)C1C2CCc3ccccc3C21. The average Bonchev–Trinajstić information content (AvgIpc) is 3.10. The van der Waals surface area contributed by atoms with Gasteiger partial charge in [-0.1, -0.05) is 46.8 Å². The molecule has 3 rings (SSSR count). The van der Waals surface area contributed by atoms with E-state index in [0.717, 1.165) is 17.3 Å². The molecule has 18 heavy (non-hydrogen) atoms. The summed E-state index contributed by atoms with van der Waals surface area (Å²) in [4.78, 5) is 12.1. The second-order valence-corrected chi connectivity index (χ2v) is 6.31. The molecule has 0 radical (unpaired) electrons. The molecule has 0 spiro atoms. The van der Waals surface area contributed by atoms with Crippen LogP contribution in [0.25, 0.3) is 0 Å². The van der Waals surface area contributed by atoms with E-state index in [0.29, 0.717) is 18.4 Å². The summed E-state index contributed by atoms with van der Waals surface area (Å²) in [6.07, 6.45) is 2.27. The van der Waals surface area contributed by atoms with Crippen molar-refractivity contribution in [1.29, 1.82) is 0 Å². The number of carbonyl (C=O) groups is 1. The molecule has 2 nitrogen and oxygen atoms in total. The summed E-state index contributed by atoms with van der Waals surface area (Å²) >= 11 is 3.27. The maximum atomic E-state index is 12.1. The molecule has 0 heterocycles. The van der Waals surface area contributed by atoms with E-state index in [-0.39, 0.29) is 11.8 Å². The Morgan fingerprint density at radius 1 is 1.44 bits per heavy atom. The summed E-state index contributed by atoms with van der Waals surface area (Å²) in [7, 11) is 0. The van der Waals surface area contributed by atoms with E-state index in [4.69, 9.17) is 0 Å². The third-order valence-electron chi connectivity index (χ3n) is 4.09. The van der Waals surface area contributed by atoms with E-state index in [9.17, 15) is 4.79 Å². The molecule has 3 atom stereocenters. The van der Waals surface area contributed by atoms with Gasteiger partial charge in [0.15, 0.2) is 0 Å². The van der Waals surface area contributed by atoms with Crippen LogP contribution in [-0.2, 0) is 11.2 Å². The first kappa shape index (κ1) is 12.0. The molecular formula is C15H16BrNO. The Kier molecular flexibility index (Phi) is 3.02. The third-order valence-corrected chi connectivity index (χ3v) is 4.37. The number of aryl methyl sites for hydroxylation is 1. The minimum Gasteiger partial charge on any atom is -0.351 e. The smallest absolute Gasteiger partial charge is 0.224 e. The maximum Gasteiger partial charge on any atom is 0.224 e. The van der Waals surface area contributed by atoms with Gasteiger partial charge in [-0.2, -0.15) is 0 Å². The van der Waals surface area contributed by atoms with Crippen LogP contribution in [-0.4, -0.2) is 12.5 Å². The monoisotopic (exact) mass is 305 g/mol. The molecular weight excluding hydrogens is 290 g/mol. The maximum absolute atomic E-state index is 12.1. The fourth-order valence-corrected chi connectivity index (χ4v) is 3.36. The molecule has 0 saturated heterocycles. The zero-order valence-electron chi connectivity index (χ0n) is 10.2. The normalized spacial score (nSPS) is 27.9. The van der Waals surface area contributed by atoms with Crippen LogP contribution in [0.3, 0.4) is 0 Å². The summed E-state index contributed by atoms with van der Waals surface area (Å²) in [6, 6.07) is 8.54. The molecule has 3 unspecified atom stereocenters. The summed E-state index contributed by atoms with van der Waals surface area (Å²) < 4.78 is 0.819. The van der Waals surface area contributed by atoms with Crippen molar-refractivity contribution in [3.8, 4) is 0 Å². The Morgan fingerprint density at radius 3 is 3.00 bits per heavy atom. The van der Waals surface area contributed by atoms with Gasteiger partial charge in [0.2, 0.25) is 5.91 Å². The quantitative estimate of drug-likeness (QED) is 0.914. The van der Waals surface area contributed by atoms with E-state index < -0.39 is 0 Å². The number of nitrogens with one attached hydrogen (secondary N) is 1. The zero-order valence-corrected chi connectivity index (χ0v) is 11.7. The predicted octanol–water partition coefficient (Wildman–Crippen LogP) is 2.99. The minimum absolute atomic E-state index is 0.181. The Balaban J connectivity index is 1.73. The number of benzene rings is 1. The van der Waals surface area contributed by atoms with Crippen LogP contribution in [0.1, 0.15) is 23.5 Å². The first-order valence-electron chi connectivity index (χ1n) is 6.37. The van der Waals surface area contributed by atoms with Gasteiger partial charge in [-0.15, -0.1) is 0 Å². The number of halogens is 1. The summed E-state index contributed by atoms with van der Waals surface area (Å²) in [5.74, 6) is 1.38. The predicted molar refractivity (Wildman–Crippen MR) is 75.6 cm³/mol. The van der Waals surface area contributed by atoms with E-state index in [1.165, 1.54) is 11.1 Å². The topological polar surface area (TPSA) is 29.1 Å². The molecule has 2 aliphatic carbocycles. The van der Waals surface area contributed by atoms with E-state index in [1.807, 2.05) is 0 Å². The molecule has 0 aromatic heterocycles. The van der Waals surface area contributed by atoms with Gasteiger partial charge in [0.1, 0.15) is 0 Å². The highest BCUT2D eigenvalue weighted by atomic mass is 79.9. The van der Waals surface area contributed by atoms with Crippen LogP contribution in [0.5, 0.6) is 0 Å². The molecule has 1 aromatic rings. The van der Waals surface area contributed by atoms with Gasteiger partial charge in [-0.25, -0.2) is 0 Å². The molecule has 1 fully saturated rings. The molecule has 1 aromatic carbocycles. The Labute approximate surface area is 116 Å². The van der Waals surface area contributed by atoms with Crippen LogP contribution < -0.4 is 5.32 Å². The van der Waals surface area contributed by atoms with Crippen LogP contribution >= 0.6 is 15.9 Å². The highest BCUT2D eigenvalue weighted by Gasteiger charge is 2.56. The highest BCUT2D eigenvalue weighted by molar-refractivity contribution is 9.11. The Bertz CT molecular complexity index is 511. The van der Waals surface area contributed by atoms with Crippen LogP contribution in [0, 0.1) is 11.8 Å². The summed E-state index contributed by atoms with van der Waals surface area (Å²) in [6.45, 7) is 4.26. The Morgan fingerprint density at radius 2 is 2.22 bits per heavy atom. The number of amides is 1. The molecule has 3 heteroatoms. The molecule has 1 saturated carbocycles. The van der Waals surface area contributed by atoms with Gasteiger partial charge in [0, 0.05) is 16.9 Å². The van der Waals surface area contributed by atoms with Crippen molar-refractivity contribution in [2.45, 2.75) is 18.8 Å². The van der Waals surface area contributed by atoms with Gasteiger partial charge in [0.05, 0.1) is 0 Å². The molecule has 1 N–H and O–H groups in total. The van der Waals surface area contributed by atoms with Gasteiger partial charge < -0.3 is 5.32 Å².